The van der Waals surface area contributed by atoms with Gasteiger partial charge in [-0.1, -0.05) is 31.2 Å². The van der Waals surface area contributed by atoms with E-state index in [2.05, 4.69) is 29.7 Å². The number of carbonyl (C=O) groups excluding carboxylic acids is 2. The Kier molecular flexibility index (Phi) is 6.67. The maximum Gasteiger partial charge on any atom is 0.222 e. The molecule has 26 heavy (non-hydrogen) atoms. The van der Waals surface area contributed by atoms with Crippen molar-refractivity contribution < 1.29 is 9.59 Å². The molecule has 0 saturated carbocycles. The first kappa shape index (κ1) is 18.9. The van der Waals surface area contributed by atoms with E-state index in [9.17, 15) is 9.59 Å². The van der Waals surface area contributed by atoms with Gasteiger partial charge in [0.25, 0.3) is 0 Å². The lowest BCUT2D eigenvalue weighted by atomic mass is 9.84. The Morgan fingerprint density at radius 3 is 2.58 bits per heavy atom. The Labute approximate surface area is 156 Å². The van der Waals surface area contributed by atoms with Gasteiger partial charge in [0.2, 0.25) is 11.8 Å². The van der Waals surface area contributed by atoms with Gasteiger partial charge in [-0.3, -0.25) is 9.59 Å². The summed E-state index contributed by atoms with van der Waals surface area (Å²) in [7, 11) is 0. The number of benzene rings is 1. The number of nitrogens with zero attached hydrogens (tertiary/aromatic N) is 1. The van der Waals surface area contributed by atoms with E-state index >= 15 is 0 Å². The third-order valence-electron chi connectivity index (χ3n) is 5.75. The largest absolute Gasteiger partial charge is 0.352 e. The molecule has 0 aromatic heterocycles. The van der Waals surface area contributed by atoms with Crippen LogP contribution >= 0.6 is 0 Å². The SMILES string of the molecule is CC(CC(=O)NCc1ccc(CN2CCCC2=O)cc1)C1CCNCC1. The van der Waals surface area contributed by atoms with Gasteiger partial charge in [0.1, 0.15) is 0 Å². The lowest BCUT2D eigenvalue weighted by Crippen LogP contribution is -2.33. The van der Waals surface area contributed by atoms with Crippen molar-refractivity contribution in [2.45, 2.75) is 52.1 Å². The monoisotopic (exact) mass is 357 g/mol. The molecule has 3 rings (SSSR count). The van der Waals surface area contributed by atoms with E-state index in [4.69, 9.17) is 0 Å². The van der Waals surface area contributed by atoms with Crippen molar-refractivity contribution in [3.05, 3.63) is 35.4 Å². The summed E-state index contributed by atoms with van der Waals surface area (Å²) in [6.07, 6.45) is 4.61. The number of rotatable bonds is 7. The van der Waals surface area contributed by atoms with E-state index in [1.165, 1.54) is 12.8 Å². The highest BCUT2D eigenvalue weighted by Gasteiger charge is 2.22. The molecule has 1 atom stereocenters. The molecular weight excluding hydrogens is 326 g/mol. The minimum Gasteiger partial charge on any atom is -0.352 e. The van der Waals surface area contributed by atoms with Crippen molar-refractivity contribution >= 4 is 11.8 Å². The smallest absolute Gasteiger partial charge is 0.222 e. The summed E-state index contributed by atoms with van der Waals surface area (Å²) < 4.78 is 0. The Hall–Kier alpha value is -1.88. The number of nitrogens with one attached hydrogen (secondary N) is 2. The Morgan fingerprint density at radius 2 is 1.92 bits per heavy atom. The summed E-state index contributed by atoms with van der Waals surface area (Å²) in [6, 6.07) is 8.22. The van der Waals surface area contributed by atoms with Crippen molar-refractivity contribution in [1.82, 2.24) is 15.5 Å². The van der Waals surface area contributed by atoms with Crippen molar-refractivity contribution in [3.8, 4) is 0 Å². The first-order valence-corrected chi connectivity index (χ1v) is 9.95. The quantitative estimate of drug-likeness (QED) is 0.788. The van der Waals surface area contributed by atoms with Crippen LogP contribution in [0.15, 0.2) is 24.3 Å². The molecule has 0 bridgehead atoms. The highest BCUT2D eigenvalue weighted by atomic mass is 16.2. The summed E-state index contributed by atoms with van der Waals surface area (Å²) in [4.78, 5) is 25.8. The first-order chi connectivity index (χ1) is 12.6. The third-order valence-corrected chi connectivity index (χ3v) is 5.75. The molecule has 1 aromatic rings. The highest BCUT2D eigenvalue weighted by Crippen LogP contribution is 2.24. The lowest BCUT2D eigenvalue weighted by Gasteiger charge is -2.27. The van der Waals surface area contributed by atoms with Crippen LogP contribution < -0.4 is 10.6 Å². The second-order valence-corrected chi connectivity index (χ2v) is 7.78. The average molecular weight is 357 g/mol. The summed E-state index contributed by atoms with van der Waals surface area (Å²) in [5, 5.41) is 6.43. The van der Waals surface area contributed by atoms with Gasteiger partial charge in [-0.05, 0) is 55.3 Å². The molecule has 2 fully saturated rings. The second kappa shape index (κ2) is 9.17. The van der Waals surface area contributed by atoms with Gasteiger partial charge in [0.05, 0.1) is 0 Å². The van der Waals surface area contributed by atoms with E-state index in [0.717, 1.165) is 37.2 Å². The van der Waals surface area contributed by atoms with E-state index in [1.807, 2.05) is 17.0 Å². The Balaban J connectivity index is 1.41. The van der Waals surface area contributed by atoms with Crippen LogP contribution in [0.25, 0.3) is 0 Å². The van der Waals surface area contributed by atoms with Gasteiger partial charge in [-0.2, -0.15) is 0 Å². The fourth-order valence-electron chi connectivity index (χ4n) is 4.00. The second-order valence-electron chi connectivity index (χ2n) is 7.78. The molecule has 2 N–H and O–H groups in total. The van der Waals surface area contributed by atoms with E-state index in [1.54, 1.807) is 0 Å². The molecule has 0 radical (unpaired) electrons. The van der Waals surface area contributed by atoms with Crippen LogP contribution in [0.3, 0.4) is 0 Å². The van der Waals surface area contributed by atoms with Crippen molar-refractivity contribution in [2.24, 2.45) is 11.8 Å². The Bertz CT molecular complexity index is 608. The number of hydrogen-bond donors (Lipinski definition) is 2. The van der Waals surface area contributed by atoms with Crippen LogP contribution in [0.1, 0.15) is 50.2 Å². The van der Waals surface area contributed by atoms with Gasteiger partial charge in [0.15, 0.2) is 0 Å². The molecule has 5 nitrogen and oxygen atoms in total. The summed E-state index contributed by atoms with van der Waals surface area (Å²) >= 11 is 0. The number of hydrogen-bond acceptors (Lipinski definition) is 3. The van der Waals surface area contributed by atoms with Crippen LogP contribution in [0.2, 0.25) is 0 Å². The molecule has 1 aromatic carbocycles. The number of likely N-dealkylation sites (tertiary alicyclic amines) is 1. The van der Waals surface area contributed by atoms with Crippen molar-refractivity contribution in [1.29, 1.82) is 0 Å². The zero-order chi connectivity index (χ0) is 18.4. The van der Waals surface area contributed by atoms with Crippen LogP contribution in [-0.4, -0.2) is 36.3 Å². The van der Waals surface area contributed by atoms with Crippen LogP contribution in [-0.2, 0) is 22.7 Å². The minimum atomic E-state index is 0.141. The molecule has 2 heterocycles. The number of amides is 2. The zero-order valence-electron chi connectivity index (χ0n) is 15.8. The standard InChI is InChI=1S/C21H31N3O2/c1-16(19-8-10-22-11-9-19)13-20(25)23-14-17-4-6-18(7-5-17)15-24-12-2-3-21(24)26/h4-7,16,19,22H,2-3,8-15H2,1H3,(H,23,25). The highest BCUT2D eigenvalue weighted by molar-refractivity contribution is 5.78. The topological polar surface area (TPSA) is 61.4 Å². The summed E-state index contributed by atoms with van der Waals surface area (Å²) in [5.74, 6) is 1.50. The average Bonchev–Trinajstić information content (AvgIpc) is 3.06. The van der Waals surface area contributed by atoms with Gasteiger partial charge < -0.3 is 15.5 Å². The van der Waals surface area contributed by atoms with E-state index < -0.39 is 0 Å². The molecular formula is C21H31N3O2. The maximum atomic E-state index is 12.2. The van der Waals surface area contributed by atoms with Gasteiger partial charge in [-0.15, -0.1) is 0 Å². The molecule has 5 heteroatoms. The van der Waals surface area contributed by atoms with Crippen LogP contribution in [0.5, 0.6) is 0 Å². The molecule has 0 aliphatic carbocycles. The van der Waals surface area contributed by atoms with Gasteiger partial charge in [-0.25, -0.2) is 0 Å². The van der Waals surface area contributed by atoms with Crippen LogP contribution in [0, 0.1) is 11.8 Å². The summed E-state index contributed by atoms with van der Waals surface area (Å²) in [6.45, 7) is 6.48. The normalized spacial score (nSPS) is 19.6. The maximum absolute atomic E-state index is 12.2. The van der Waals surface area contributed by atoms with Crippen molar-refractivity contribution in [2.75, 3.05) is 19.6 Å². The van der Waals surface area contributed by atoms with Gasteiger partial charge >= 0.3 is 0 Å². The number of piperidine rings is 1. The van der Waals surface area contributed by atoms with E-state index in [0.29, 0.717) is 37.8 Å². The molecule has 2 amide bonds. The van der Waals surface area contributed by atoms with E-state index in [-0.39, 0.29) is 11.8 Å². The molecule has 2 aliphatic heterocycles. The van der Waals surface area contributed by atoms with Crippen LogP contribution in [0.4, 0.5) is 0 Å². The lowest BCUT2D eigenvalue weighted by molar-refractivity contribution is -0.128. The predicted octanol–water partition coefficient (Wildman–Crippen LogP) is 2.45. The fraction of sp³-hybridized carbons (Fsp3) is 0.619. The molecule has 2 aliphatic rings. The fourth-order valence-corrected chi connectivity index (χ4v) is 4.00. The molecule has 2 saturated heterocycles. The van der Waals surface area contributed by atoms with Crippen molar-refractivity contribution in [3.63, 3.8) is 0 Å². The minimum absolute atomic E-state index is 0.141. The van der Waals surface area contributed by atoms with Gasteiger partial charge in [0, 0.05) is 32.5 Å². The number of carbonyl (C=O) groups is 2. The molecule has 1 unspecified atom stereocenters. The first-order valence-electron chi connectivity index (χ1n) is 9.95. The summed E-state index contributed by atoms with van der Waals surface area (Å²) in [5.41, 5.74) is 2.25. The predicted molar refractivity (Wildman–Crippen MR) is 102 cm³/mol. The molecule has 142 valence electrons. The zero-order valence-corrected chi connectivity index (χ0v) is 15.8. The molecule has 0 spiro atoms. The third kappa shape index (κ3) is 5.31. The Morgan fingerprint density at radius 1 is 1.23 bits per heavy atom.